The van der Waals surface area contributed by atoms with Crippen LogP contribution in [-0.4, -0.2) is 117 Å². The molecular weight excluding hydrogens is 605 g/mol. The van der Waals surface area contributed by atoms with Crippen LogP contribution in [0.2, 0.25) is 0 Å². The van der Waals surface area contributed by atoms with Crippen molar-refractivity contribution in [1.82, 2.24) is 29.6 Å². The molecule has 1 aromatic carbocycles. The van der Waals surface area contributed by atoms with E-state index in [9.17, 15) is 19.2 Å². The summed E-state index contributed by atoms with van der Waals surface area (Å²) in [6.07, 6.45) is 2.94. The number of aromatic nitrogens is 2. The van der Waals surface area contributed by atoms with E-state index in [2.05, 4.69) is 0 Å². The van der Waals surface area contributed by atoms with Gasteiger partial charge in [0.1, 0.15) is 10.1 Å². The lowest BCUT2D eigenvalue weighted by atomic mass is 10.3. The fraction of sp³-hybridized carbons (Fsp3) is 0.333. The summed E-state index contributed by atoms with van der Waals surface area (Å²) < 4.78 is 10.4. The highest BCUT2D eigenvalue weighted by Gasteiger charge is 2.28. The number of piperazine rings is 2. The SMILES string of the molecule is O=C(CSc1nc2ccccc2nc1SCC(=O)N1CCN(C(=O)c2ccco2)CC1)N1CCN(C(=O)c2ccco2)CC1. The smallest absolute Gasteiger partial charge is 0.289 e. The first-order valence-corrected chi connectivity index (χ1v) is 16.2. The predicted molar refractivity (Wildman–Crippen MR) is 163 cm³/mol. The standard InChI is InChI=1S/C30H30N6O6S2/c37-25(33-9-13-35(14-10-33)29(39)23-7-3-17-41-23)19-43-27-28(32-22-6-2-1-5-21(22)31-27)44-20-26(38)34-11-15-36(16-12-34)30(40)24-8-4-18-42-24/h1-8,17-18H,9-16,19-20H2. The monoisotopic (exact) mass is 634 g/mol. The molecule has 0 radical (unpaired) electrons. The average molecular weight is 635 g/mol. The second kappa shape index (κ2) is 13.6. The Morgan fingerprint density at radius 2 is 0.955 bits per heavy atom. The van der Waals surface area contributed by atoms with E-state index < -0.39 is 0 Å². The highest BCUT2D eigenvalue weighted by Crippen LogP contribution is 2.30. The van der Waals surface area contributed by atoms with E-state index in [-0.39, 0.29) is 35.1 Å². The number of benzene rings is 1. The van der Waals surface area contributed by atoms with Gasteiger partial charge in [0.15, 0.2) is 11.5 Å². The van der Waals surface area contributed by atoms with Crippen molar-refractivity contribution in [2.75, 3.05) is 63.9 Å². The molecule has 0 atom stereocenters. The third-order valence-electron chi connectivity index (χ3n) is 7.48. The van der Waals surface area contributed by atoms with Gasteiger partial charge in [-0.1, -0.05) is 35.7 Å². The molecule has 3 aromatic heterocycles. The molecule has 2 aliphatic heterocycles. The minimum absolute atomic E-state index is 0.0518. The van der Waals surface area contributed by atoms with Gasteiger partial charge in [0.05, 0.1) is 35.1 Å². The van der Waals surface area contributed by atoms with Gasteiger partial charge in [0, 0.05) is 52.4 Å². The second-order valence-electron chi connectivity index (χ2n) is 10.2. The summed E-state index contributed by atoms with van der Waals surface area (Å²) in [7, 11) is 0. The molecular formula is C30H30N6O6S2. The summed E-state index contributed by atoms with van der Waals surface area (Å²) in [5, 5.41) is 1.19. The van der Waals surface area contributed by atoms with Crippen LogP contribution in [0.15, 0.2) is 79.9 Å². The molecule has 12 nitrogen and oxygen atoms in total. The largest absolute Gasteiger partial charge is 0.459 e. The topological polar surface area (TPSA) is 133 Å². The summed E-state index contributed by atoms with van der Waals surface area (Å²) >= 11 is 2.60. The van der Waals surface area contributed by atoms with Gasteiger partial charge in [-0.3, -0.25) is 19.2 Å². The number of nitrogens with zero attached hydrogens (tertiary/aromatic N) is 6. The third-order valence-corrected chi connectivity index (χ3v) is 9.50. The van der Waals surface area contributed by atoms with E-state index in [4.69, 9.17) is 18.8 Å². The number of furan rings is 2. The number of fused-ring (bicyclic) bond motifs is 1. The van der Waals surface area contributed by atoms with Crippen molar-refractivity contribution in [3.05, 3.63) is 72.6 Å². The Balaban J connectivity index is 1.04. The van der Waals surface area contributed by atoms with E-state index in [0.29, 0.717) is 85.0 Å². The zero-order valence-electron chi connectivity index (χ0n) is 23.8. The fourth-order valence-electron chi connectivity index (χ4n) is 5.03. The zero-order chi connectivity index (χ0) is 30.5. The van der Waals surface area contributed by atoms with E-state index in [1.54, 1.807) is 43.9 Å². The van der Waals surface area contributed by atoms with E-state index in [0.717, 1.165) is 0 Å². The Bertz CT molecular complexity index is 1510. The number of rotatable bonds is 8. The van der Waals surface area contributed by atoms with Crippen LogP contribution in [0.4, 0.5) is 0 Å². The normalized spacial score (nSPS) is 15.5. The van der Waals surface area contributed by atoms with Crippen LogP contribution in [0.1, 0.15) is 21.1 Å². The van der Waals surface area contributed by atoms with Crippen LogP contribution < -0.4 is 0 Å². The number of hydrogen-bond donors (Lipinski definition) is 0. The van der Waals surface area contributed by atoms with Crippen molar-refractivity contribution in [3.8, 4) is 0 Å². The first kappa shape index (κ1) is 29.8. The molecule has 0 N–H and O–H groups in total. The number of para-hydroxylation sites is 2. The number of carbonyl (C=O) groups excluding carboxylic acids is 4. The molecule has 4 aromatic rings. The summed E-state index contributed by atoms with van der Waals surface area (Å²) in [6, 6.07) is 14.1. The van der Waals surface area contributed by atoms with Crippen molar-refractivity contribution in [2.45, 2.75) is 10.1 Å². The van der Waals surface area contributed by atoms with Crippen LogP contribution >= 0.6 is 23.5 Å². The Labute approximate surface area is 261 Å². The number of carbonyl (C=O) groups is 4. The van der Waals surface area contributed by atoms with Gasteiger partial charge in [-0.2, -0.15) is 0 Å². The molecule has 44 heavy (non-hydrogen) atoms. The van der Waals surface area contributed by atoms with Crippen LogP contribution in [0.25, 0.3) is 11.0 Å². The highest BCUT2D eigenvalue weighted by molar-refractivity contribution is 8.02. The van der Waals surface area contributed by atoms with Crippen LogP contribution in [-0.2, 0) is 9.59 Å². The van der Waals surface area contributed by atoms with Gasteiger partial charge < -0.3 is 28.4 Å². The molecule has 2 aliphatic rings. The van der Waals surface area contributed by atoms with Gasteiger partial charge in [-0.15, -0.1) is 0 Å². The van der Waals surface area contributed by atoms with Crippen molar-refractivity contribution in [3.63, 3.8) is 0 Å². The van der Waals surface area contributed by atoms with Gasteiger partial charge >= 0.3 is 0 Å². The van der Waals surface area contributed by atoms with Crippen LogP contribution in [0.3, 0.4) is 0 Å². The predicted octanol–water partition coefficient (Wildman–Crippen LogP) is 2.97. The Morgan fingerprint density at radius 1 is 0.568 bits per heavy atom. The first-order valence-electron chi connectivity index (χ1n) is 14.2. The molecule has 4 amide bonds. The molecule has 0 aliphatic carbocycles. The summed E-state index contributed by atoms with van der Waals surface area (Å²) in [5.74, 6) is 0.445. The van der Waals surface area contributed by atoms with Gasteiger partial charge in [-0.05, 0) is 36.4 Å². The summed E-state index contributed by atoms with van der Waals surface area (Å²) in [4.78, 5) is 67.7. The molecule has 14 heteroatoms. The minimum Gasteiger partial charge on any atom is -0.459 e. The maximum Gasteiger partial charge on any atom is 0.289 e. The van der Waals surface area contributed by atoms with Crippen molar-refractivity contribution < 1.29 is 28.0 Å². The van der Waals surface area contributed by atoms with Crippen molar-refractivity contribution in [1.29, 1.82) is 0 Å². The molecule has 6 rings (SSSR count). The second-order valence-corrected chi connectivity index (χ2v) is 12.1. The molecule has 0 spiro atoms. The molecule has 0 saturated carbocycles. The quantitative estimate of drug-likeness (QED) is 0.267. The molecule has 5 heterocycles. The van der Waals surface area contributed by atoms with E-state index in [1.807, 2.05) is 24.3 Å². The number of amides is 4. The Hall–Kier alpha value is -4.30. The summed E-state index contributed by atoms with van der Waals surface area (Å²) in [6.45, 7) is 3.47. The van der Waals surface area contributed by atoms with Crippen molar-refractivity contribution in [2.24, 2.45) is 0 Å². The molecule has 0 unspecified atom stereocenters. The molecule has 2 saturated heterocycles. The van der Waals surface area contributed by atoms with Gasteiger partial charge in [0.25, 0.3) is 11.8 Å². The average Bonchev–Trinajstić information content (AvgIpc) is 3.81. The lowest BCUT2D eigenvalue weighted by Gasteiger charge is -2.34. The lowest BCUT2D eigenvalue weighted by molar-refractivity contribution is -0.130. The highest BCUT2D eigenvalue weighted by atomic mass is 32.2. The van der Waals surface area contributed by atoms with Crippen LogP contribution in [0.5, 0.6) is 0 Å². The zero-order valence-corrected chi connectivity index (χ0v) is 25.4. The lowest BCUT2D eigenvalue weighted by Crippen LogP contribution is -2.51. The fourth-order valence-corrected chi connectivity index (χ4v) is 6.93. The van der Waals surface area contributed by atoms with Gasteiger partial charge in [0.2, 0.25) is 11.8 Å². The van der Waals surface area contributed by atoms with Crippen molar-refractivity contribution >= 4 is 58.2 Å². The maximum atomic E-state index is 13.1. The maximum absolute atomic E-state index is 13.1. The summed E-state index contributed by atoms with van der Waals surface area (Å²) in [5.41, 5.74) is 1.42. The van der Waals surface area contributed by atoms with Gasteiger partial charge in [-0.25, -0.2) is 9.97 Å². The van der Waals surface area contributed by atoms with Crippen LogP contribution in [0, 0.1) is 0 Å². The van der Waals surface area contributed by atoms with E-state index in [1.165, 1.54) is 36.1 Å². The molecule has 2 fully saturated rings. The Kier molecular flexibility index (Phi) is 9.17. The molecule has 0 bridgehead atoms. The minimum atomic E-state index is -0.177. The first-order chi connectivity index (χ1) is 21.5. The van der Waals surface area contributed by atoms with E-state index >= 15 is 0 Å². The third kappa shape index (κ3) is 6.76. The number of thioether (sulfide) groups is 2. The molecule has 228 valence electrons. The Morgan fingerprint density at radius 3 is 1.32 bits per heavy atom. The number of hydrogen-bond acceptors (Lipinski definition) is 10.